The Morgan fingerprint density at radius 1 is 1.00 bits per heavy atom. The zero-order chi connectivity index (χ0) is 15.2. The first-order chi connectivity index (χ1) is 10.6. The van der Waals surface area contributed by atoms with E-state index in [-0.39, 0.29) is 4.21 Å². The molecule has 0 atom stereocenters. The average molecular weight is 346 g/mol. The molecule has 2 heterocycles. The molecule has 0 unspecified atom stereocenters. The monoisotopic (exact) mass is 346 g/mol. The van der Waals surface area contributed by atoms with Crippen molar-refractivity contribution in [1.29, 1.82) is 0 Å². The summed E-state index contributed by atoms with van der Waals surface area (Å²) >= 11 is 2.54. The SMILES string of the molecule is O=S(=O)(Nc1nc2ccc3ccccc3c2s1)c1cccs1. The summed E-state index contributed by atoms with van der Waals surface area (Å²) in [6.07, 6.45) is 0. The topological polar surface area (TPSA) is 59.1 Å². The van der Waals surface area contributed by atoms with Crippen LogP contribution in [0.3, 0.4) is 0 Å². The van der Waals surface area contributed by atoms with E-state index in [1.807, 2.05) is 36.4 Å². The lowest BCUT2D eigenvalue weighted by Gasteiger charge is -2.00. The Bertz CT molecular complexity index is 1070. The summed E-state index contributed by atoms with van der Waals surface area (Å²) in [6, 6.07) is 15.2. The highest BCUT2D eigenvalue weighted by Crippen LogP contribution is 2.33. The third-order valence-corrected chi connectivity index (χ3v) is 7.15. The Balaban J connectivity index is 1.82. The van der Waals surface area contributed by atoms with Crippen LogP contribution in [-0.4, -0.2) is 13.4 Å². The van der Waals surface area contributed by atoms with Gasteiger partial charge in [0.1, 0.15) is 4.21 Å². The second kappa shape index (κ2) is 5.05. The summed E-state index contributed by atoms with van der Waals surface area (Å²) in [7, 11) is -3.55. The second-order valence-corrected chi connectivity index (χ2v) is 8.55. The van der Waals surface area contributed by atoms with Gasteiger partial charge >= 0.3 is 0 Å². The predicted octanol–water partition coefficient (Wildman–Crippen LogP) is 4.31. The maximum absolute atomic E-state index is 12.3. The number of nitrogens with zero attached hydrogens (tertiary/aromatic N) is 1. The van der Waals surface area contributed by atoms with Gasteiger partial charge in [0, 0.05) is 5.39 Å². The van der Waals surface area contributed by atoms with Crippen molar-refractivity contribution in [2.24, 2.45) is 0 Å². The predicted molar refractivity (Wildman–Crippen MR) is 92.3 cm³/mol. The van der Waals surface area contributed by atoms with E-state index in [0.29, 0.717) is 5.13 Å². The fourth-order valence-electron chi connectivity index (χ4n) is 2.28. The fraction of sp³-hybridized carbons (Fsp3) is 0. The van der Waals surface area contributed by atoms with Gasteiger partial charge in [-0.2, -0.15) is 0 Å². The molecular formula is C15H10N2O2S3. The molecule has 22 heavy (non-hydrogen) atoms. The molecule has 0 saturated heterocycles. The number of rotatable bonds is 3. The van der Waals surface area contributed by atoms with Crippen molar-refractivity contribution in [2.45, 2.75) is 4.21 Å². The maximum atomic E-state index is 12.3. The van der Waals surface area contributed by atoms with Gasteiger partial charge in [-0.1, -0.05) is 47.7 Å². The zero-order valence-electron chi connectivity index (χ0n) is 11.2. The molecule has 110 valence electrons. The van der Waals surface area contributed by atoms with Gasteiger partial charge in [0.25, 0.3) is 10.0 Å². The third-order valence-electron chi connectivity index (χ3n) is 3.26. The standard InChI is InChI=1S/C15H10N2O2S3/c18-22(19,13-6-3-9-20-13)17-15-16-12-8-7-10-4-1-2-5-11(10)14(12)21-15/h1-9H,(H,16,17). The molecule has 0 aliphatic heterocycles. The maximum Gasteiger partial charge on any atom is 0.273 e. The van der Waals surface area contributed by atoms with Crippen LogP contribution in [0.1, 0.15) is 0 Å². The number of thiophene rings is 1. The largest absolute Gasteiger partial charge is 0.273 e. The second-order valence-electron chi connectivity index (χ2n) is 4.69. The molecule has 0 amide bonds. The van der Waals surface area contributed by atoms with Crippen LogP contribution in [0.5, 0.6) is 0 Å². The molecule has 0 aliphatic carbocycles. The smallest absolute Gasteiger partial charge is 0.254 e. The number of thiazole rings is 1. The summed E-state index contributed by atoms with van der Waals surface area (Å²) in [6.45, 7) is 0. The normalized spacial score (nSPS) is 12.0. The lowest BCUT2D eigenvalue weighted by molar-refractivity contribution is 0.603. The van der Waals surface area contributed by atoms with Crippen molar-refractivity contribution in [3.05, 3.63) is 53.9 Å². The summed E-state index contributed by atoms with van der Waals surface area (Å²) in [5.74, 6) is 0. The van der Waals surface area contributed by atoms with E-state index < -0.39 is 10.0 Å². The molecule has 1 N–H and O–H groups in total. The van der Waals surface area contributed by atoms with Gasteiger partial charge in [0.2, 0.25) is 0 Å². The Hall–Kier alpha value is -1.96. The highest BCUT2D eigenvalue weighted by Gasteiger charge is 2.17. The van der Waals surface area contributed by atoms with E-state index in [0.717, 1.165) is 21.0 Å². The number of benzene rings is 2. The Morgan fingerprint density at radius 2 is 1.86 bits per heavy atom. The van der Waals surface area contributed by atoms with Crippen molar-refractivity contribution < 1.29 is 8.42 Å². The van der Waals surface area contributed by atoms with E-state index in [1.165, 1.54) is 22.7 Å². The van der Waals surface area contributed by atoms with Crippen molar-refractivity contribution in [1.82, 2.24) is 4.98 Å². The molecular weight excluding hydrogens is 336 g/mol. The fourth-order valence-corrected chi connectivity index (χ4v) is 5.51. The zero-order valence-corrected chi connectivity index (χ0v) is 13.6. The van der Waals surface area contributed by atoms with Gasteiger partial charge in [-0.05, 0) is 22.9 Å². The van der Waals surface area contributed by atoms with E-state index >= 15 is 0 Å². The first kappa shape index (κ1) is 13.7. The molecule has 4 nitrogen and oxygen atoms in total. The van der Waals surface area contributed by atoms with Crippen LogP contribution in [0.25, 0.3) is 21.0 Å². The molecule has 4 rings (SSSR count). The van der Waals surface area contributed by atoms with Gasteiger partial charge < -0.3 is 0 Å². The first-order valence-electron chi connectivity index (χ1n) is 6.48. The van der Waals surface area contributed by atoms with Gasteiger partial charge in [-0.15, -0.1) is 11.3 Å². The quantitative estimate of drug-likeness (QED) is 0.601. The third kappa shape index (κ3) is 2.27. The molecule has 2 aromatic carbocycles. The van der Waals surface area contributed by atoms with Gasteiger partial charge in [0.05, 0.1) is 10.2 Å². The van der Waals surface area contributed by atoms with E-state index in [4.69, 9.17) is 0 Å². The summed E-state index contributed by atoms with van der Waals surface area (Å²) in [4.78, 5) is 4.39. The number of nitrogens with one attached hydrogen (secondary N) is 1. The van der Waals surface area contributed by atoms with Gasteiger partial charge in [-0.3, -0.25) is 4.72 Å². The lowest BCUT2D eigenvalue weighted by atomic mass is 10.1. The molecule has 0 radical (unpaired) electrons. The number of hydrogen-bond acceptors (Lipinski definition) is 5. The van der Waals surface area contributed by atoms with Crippen LogP contribution in [-0.2, 0) is 10.0 Å². The number of aromatic nitrogens is 1. The summed E-state index contributed by atoms with van der Waals surface area (Å²) in [5.41, 5.74) is 0.799. The molecule has 4 aromatic rings. The molecule has 0 fully saturated rings. The molecule has 2 aromatic heterocycles. The summed E-state index contributed by atoms with van der Waals surface area (Å²) < 4.78 is 28.4. The number of sulfonamides is 1. The van der Waals surface area contributed by atoms with Crippen molar-refractivity contribution >= 4 is 58.8 Å². The average Bonchev–Trinajstić information content (AvgIpc) is 3.16. The molecule has 0 saturated carbocycles. The number of anilines is 1. The number of hydrogen-bond donors (Lipinski definition) is 1. The molecule has 7 heteroatoms. The Labute approximate surface area is 135 Å². The Morgan fingerprint density at radius 3 is 2.68 bits per heavy atom. The molecule has 0 aliphatic rings. The molecule has 0 spiro atoms. The number of fused-ring (bicyclic) bond motifs is 3. The van der Waals surface area contributed by atoms with Crippen molar-refractivity contribution in [3.63, 3.8) is 0 Å². The van der Waals surface area contributed by atoms with Crippen LogP contribution in [0, 0.1) is 0 Å². The van der Waals surface area contributed by atoms with E-state index in [2.05, 4.69) is 9.71 Å². The van der Waals surface area contributed by atoms with E-state index in [9.17, 15) is 8.42 Å². The Kier molecular flexibility index (Phi) is 3.14. The van der Waals surface area contributed by atoms with Gasteiger partial charge in [-0.25, -0.2) is 13.4 Å². The minimum Gasteiger partial charge on any atom is -0.254 e. The van der Waals surface area contributed by atoms with Crippen molar-refractivity contribution in [2.75, 3.05) is 4.72 Å². The first-order valence-corrected chi connectivity index (χ1v) is 9.66. The molecule has 0 bridgehead atoms. The van der Waals surface area contributed by atoms with Crippen LogP contribution in [0.15, 0.2) is 58.1 Å². The van der Waals surface area contributed by atoms with Crippen molar-refractivity contribution in [3.8, 4) is 0 Å². The lowest BCUT2D eigenvalue weighted by Crippen LogP contribution is -2.10. The highest BCUT2D eigenvalue weighted by molar-refractivity contribution is 7.94. The van der Waals surface area contributed by atoms with E-state index in [1.54, 1.807) is 17.5 Å². The highest BCUT2D eigenvalue weighted by atomic mass is 32.2. The van der Waals surface area contributed by atoms with Crippen LogP contribution in [0.4, 0.5) is 5.13 Å². The minimum atomic E-state index is -3.55. The van der Waals surface area contributed by atoms with Crippen LogP contribution >= 0.6 is 22.7 Å². The van der Waals surface area contributed by atoms with Gasteiger partial charge in [0.15, 0.2) is 5.13 Å². The minimum absolute atomic E-state index is 0.289. The van der Waals surface area contributed by atoms with Crippen LogP contribution in [0.2, 0.25) is 0 Å². The van der Waals surface area contributed by atoms with Crippen LogP contribution < -0.4 is 4.72 Å². The summed E-state index contributed by atoms with van der Waals surface area (Å²) in [5, 5.41) is 4.32.